The third-order valence-corrected chi connectivity index (χ3v) is 5.44. The molecule has 1 aliphatic carbocycles. The second kappa shape index (κ2) is 7.46. The lowest BCUT2D eigenvalue weighted by Crippen LogP contribution is -2.50. The summed E-state index contributed by atoms with van der Waals surface area (Å²) in [6, 6.07) is 0. The Kier molecular flexibility index (Phi) is 6.14. The van der Waals surface area contributed by atoms with Gasteiger partial charge in [0.2, 0.25) is 0 Å². The van der Waals surface area contributed by atoms with Crippen LogP contribution in [-0.2, 0) is 0 Å². The molecule has 124 valence electrons. The van der Waals surface area contributed by atoms with Crippen LogP contribution < -0.4 is 5.32 Å². The summed E-state index contributed by atoms with van der Waals surface area (Å²) in [6.45, 7) is 14.6. The Labute approximate surface area is 133 Å². The molecular formula is C19H38N2. The van der Waals surface area contributed by atoms with Gasteiger partial charge in [-0.05, 0) is 70.9 Å². The number of nitrogens with zero attached hydrogens (tertiary/aromatic N) is 1. The van der Waals surface area contributed by atoms with Crippen LogP contribution in [0, 0.1) is 11.3 Å². The Morgan fingerprint density at radius 3 is 2.29 bits per heavy atom. The van der Waals surface area contributed by atoms with Gasteiger partial charge in [0.1, 0.15) is 0 Å². The van der Waals surface area contributed by atoms with Crippen LogP contribution in [0.25, 0.3) is 0 Å². The maximum atomic E-state index is 3.83. The van der Waals surface area contributed by atoms with E-state index in [9.17, 15) is 0 Å². The molecular weight excluding hydrogens is 256 g/mol. The quantitative estimate of drug-likeness (QED) is 0.824. The van der Waals surface area contributed by atoms with E-state index in [0.29, 0.717) is 5.41 Å². The van der Waals surface area contributed by atoms with Crippen LogP contribution in [0.15, 0.2) is 0 Å². The van der Waals surface area contributed by atoms with Gasteiger partial charge < -0.3 is 10.2 Å². The van der Waals surface area contributed by atoms with Crippen molar-refractivity contribution in [2.75, 3.05) is 26.2 Å². The zero-order chi connectivity index (χ0) is 15.3. The third-order valence-electron chi connectivity index (χ3n) is 5.44. The normalized spacial score (nSPS) is 32.9. The Bertz CT molecular complexity index is 299. The molecule has 0 amide bonds. The van der Waals surface area contributed by atoms with Gasteiger partial charge in [0, 0.05) is 18.6 Å². The Morgan fingerprint density at radius 1 is 1.05 bits per heavy atom. The summed E-state index contributed by atoms with van der Waals surface area (Å²) in [7, 11) is 0. The molecule has 2 unspecified atom stereocenters. The lowest BCUT2D eigenvalue weighted by molar-refractivity contribution is 0.0750. The molecule has 2 nitrogen and oxygen atoms in total. The monoisotopic (exact) mass is 294 g/mol. The van der Waals surface area contributed by atoms with E-state index in [0.717, 1.165) is 5.92 Å². The molecule has 2 aliphatic rings. The van der Waals surface area contributed by atoms with Gasteiger partial charge in [0.25, 0.3) is 0 Å². The van der Waals surface area contributed by atoms with Crippen LogP contribution >= 0.6 is 0 Å². The van der Waals surface area contributed by atoms with E-state index in [1.165, 1.54) is 77.5 Å². The second-order valence-corrected chi connectivity index (χ2v) is 9.00. The highest BCUT2D eigenvalue weighted by molar-refractivity contribution is 4.92. The summed E-state index contributed by atoms with van der Waals surface area (Å²) in [5, 5.41) is 3.83. The van der Waals surface area contributed by atoms with Crippen LogP contribution in [0.2, 0.25) is 0 Å². The standard InChI is InChI=1S/C19H38N2/c1-17-10-9-11-19(14-17,15-20-18(2,3)4)16-21-12-7-5-6-8-13-21/h17,20H,5-16H2,1-4H3. The maximum Gasteiger partial charge on any atom is 0.00967 e. The van der Waals surface area contributed by atoms with E-state index in [1.54, 1.807) is 0 Å². The number of hydrogen-bond donors (Lipinski definition) is 1. The Morgan fingerprint density at radius 2 is 1.71 bits per heavy atom. The van der Waals surface area contributed by atoms with Crippen molar-refractivity contribution >= 4 is 0 Å². The molecule has 0 aromatic rings. The molecule has 21 heavy (non-hydrogen) atoms. The summed E-state index contributed by atoms with van der Waals surface area (Å²) < 4.78 is 0. The first-order valence-corrected chi connectivity index (χ1v) is 9.36. The van der Waals surface area contributed by atoms with Gasteiger partial charge in [-0.1, -0.05) is 32.6 Å². The minimum Gasteiger partial charge on any atom is -0.311 e. The number of nitrogens with one attached hydrogen (secondary N) is 1. The molecule has 2 atom stereocenters. The fourth-order valence-corrected chi connectivity index (χ4v) is 4.35. The molecule has 1 saturated carbocycles. The SMILES string of the molecule is CC1CCCC(CNC(C)(C)C)(CN2CCCCCC2)C1. The molecule has 0 aromatic carbocycles. The van der Waals surface area contributed by atoms with E-state index in [4.69, 9.17) is 0 Å². The second-order valence-electron chi connectivity index (χ2n) is 9.00. The molecule has 1 N–H and O–H groups in total. The minimum atomic E-state index is 0.243. The summed E-state index contributed by atoms with van der Waals surface area (Å²) in [4.78, 5) is 2.79. The fraction of sp³-hybridized carbons (Fsp3) is 1.00. The molecule has 0 radical (unpaired) electrons. The highest BCUT2D eigenvalue weighted by Gasteiger charge is 2.37. The average Bonchev–Trinajstić information content (AvgIpc) is 2.64. The number of rotatable bonds is 4. The van der Waals surface area contributed by atoms with Crippen LogP contribution in [-0.4, -0.2) is 36.6 Å². The third kappa shape index (κ3) is 5.90. The molecule has 0 bridgehead atoms. The van der Waals surface area contributed by atoms with Crippen LogP contribution in [0.5, 0.6) is 0 Å². The van der Waals surface area contributed by atoms with Crippen molar-refractivity contribution in [3.05, 3.63) is 0 Å². The smallest absolute Gasteiger partial charge is 0.00967 e. The largest absolute Gasteiger partial charge is 0.311 e. The molecule has 1 saturated heterocycles. The first-order valence-electron chi connectivity index (χ1n) is 9.36. The molecule has 1 aliphatic heterocycles. The predicted octanol–water partition coefficient (Wildman–Crippen LogP) is 4.45. The highest BCUT2D eigenvalue weighted by atomic mass is 15.1. The lowest BCUT2D eigenvalue weighted by Gasteiger charge is -2.45. The van der Waals surface area contributed by atoms with E-state index < -0.39 is 0 Å². The van der Waals surface area contributed by atoms with Gasteiger partial charge in [-0.15, -0.1) is 0 Å². The topological polar surface area (TPSA) is 15.3 Å². The van der Waals surface area contributed by atoms with Crippen molar-refractivity contribution in [3.8, 4) is 0 Å². The summed E-state index contributed by atoms with van der Waals surface area (Å²) >= 11 is 0. The van der Waals surface area contributed by atoms with Crippen LogP contribution in [0.1, 0.15) is 79.1 Å². The Balaban J connectivity index is 1.99. The van der Waals surface area contributed by atoms with Crippen LogP contribution in [0.3, 0.4) is 0 Å². The first kappa shape index (κ1) is 17.3. The number of hydrogen-bond acceptors (Lipinski definition) is 2. The van der Waals surface area contributed by atoms with Crippen molar-refractivity contribution in [2.24, 2.45) is 11.3 Å². The molecule has 0 spiro atoms. The predicted molar refractivity (Wildman–Crippen MR) is 92.7 cm³/mol. The lowest BCUT2D eigenvalue weighted by atomic mass is 9.69. The van der Waals surface area contributed by atoms with Crippen molar-refractivity contribution in [1.29, 1.82) is 0 Å². The minimum absolute atomic E-state index is 0.243. The fourth-order valence-electron chi connectivity index (χ4n) is 4.35. The van der Waals surface area contributed by atoms with E-state index >= 15 is 0 Å². The van der Waals surface area contributed by atoms with Crippen molar-refractivity contribution in [2.45, 2.75) is 84.6 Å². The molecule has 2 rings (SSSR count). The van der Waals surface area contributed by atoms with Crippen molar-refractivity contribution in [1.82, 2.24) is 10.2 Å². The van der Waals surface area contributed by atoms with Crippen LogP contribution in [0.4, 0.5) is 0 Å². The van der Waals surface area contributed by atoms with Crippen molar-refractivity contribution in [3.63, 3.8) is 0 Å². The van der Waals surface area contributed by atoms with E-state index in [2.05, 4.69) is 37.9 Å². The average molecular weight is 295 g/mol. The molecule has 2 heteroatoms. The van der Waals surface area contributed by atoms with Gasteiger partial charge in [-0.25, -0.2) is 0 Å². The summed E-state index contributed by atoms with van der Waals surface area (Å²) in [6.07, 6.45) is 11.4. The van der Waals surface area contributed by atoms with Gasteiger partial charge in [-0.3, -0.25) is 0 Å². The van der Waals surface area contributed by atoms with E-state index in [1.807, 2.05) is 0 Å². The summed E-state index contributed by atoms with van der Waals surface area (Å²) in [5.74, 6) is 0.910. The number of likely N-dealkylation sites (tertiary alicyclic amines) is 1. The first-order chi connectivity index (χ1) is 9.89. The zero-order valence-corrected chi connectivity index (χ0v) is 15.0. The molecule has 2 fully saturated rings. The molecule has 0 aromatic heterocycles. The van der Waals surface area contributed by atoms with Crippen molar-refractivity contribution < 1.29 is 0 Å². The highest BCUT2D eigenvalue weighted by Crippen LogP contribution is 2.40. The van der Waals surface area contributed by atoms with Gasteiger partial charge in [0.05, 0.1) is 0 Å². The van der Waals surface area contributed by atoms with Gasteiger partial charge >= 0.3 is 0 Å². The van der Waals surface area contributed by atoms with Gasteiger partial charge in [0.15, 0.2) is 0 Å². The summed E-state index contributed by atoms with van der Waals surface area (Å²) in [5.41, 5.74) is 0.766. The zero-order valence-electron chi connectivity index (χ0n) is 15.0. The molecule has 1 heterocycles. The maximum absolute atomic E-state index is 3.83. The van der Waals surface area contributed by atoms with E-state index in [-0.39, 0.29) is 5.54 Å². The Hall–Kier alpha value is -0.0800. The van der Waals surface area contributed by atoms with Gasteiger partial charge in [-0.2, -0.15) is 0 Å².